The molecule has 0 spiro atoms. The highest BCUT2D eigenvalue weighted by Crippen LogP contribution is 2.42. The van der Waals surface area contributed by atoms with Crippen molar-refractivity contribution in [2.75, 3.05) is 11.1 Å². The summed E-state index contributed by atoms with van der Waals surface area (Å²) in [6.07, 6.45) is -3.69. The summed E-state index contributed by atoms with van der Waals surface area (Å²) in [5, 5.41) is 11.7. The summed E-state index contributed by atoms with van der Waals surface area (Å²) in [5.41, 5.74) is 1.27. The molecule has 29 heavy (non-hydrogen) atoms. The number of benzene rings is 2. The Morgan fingerprint density at radius 3 is 2.66 bits per heavy atom. The topological polar surface area (TPSA) is 78.3 Å². The first-order valence-electron chi connectivity index (χ1n) is 8.76. The van der Waals surface area contributed by atoms with Gasteiger partial charge in [0.05, 0.1) is 5.75 Å². The molecule has 1 aromatic heterocycles. The second-order valence-electron chi connectivity index (χ2n) is 6.08. The summed E-state index contributed by atoms with van der Waals surface area (Å²) in [5.74, 6) is 0.295. The zero-order valence-corrected chi connectivity index (χ0v) is 16.1. The third-order valence-electron chi connectivity index (χ3n) is 4.08. The van der Waals surface area contributed by atoms with Crippen molar-refractivity contribution in [3.05, 3.63) is 48.5 Å². The fourth-order valence-electron chi connectivity index (χ4n) is 2.84. The first kappa shape index (κ1) is 19.2. The first-order valence-corrected chi connectivity index (χ1v) is 9.75. The number of fused-ring (bicyclic) bond motifs is 1. The summed E-state index contributed by atoms with van der Waals surface area (Å²) in [6.45, 7) is 2.62. The third-order valence-corrected chi connectivity index (χ3v) is 5.05. The molecule has 2 aromatic carbocycles. The molecule has 1 aliphatic heterocycles. The second-order valence-corrected chi connectivity index (χ2v) is 7.02. The summed E-state index contributed by atoms with van der Waals surface area (Å²) in [7, 11) is 0. The molecule has 7 nitrogen and oxygen atoms in total. The zero-order chi connectivity index (χ0) is 20.4. The van der Waals surface area contributed by atoms with E-state index >= 15 is 0 Å². The van der Waals surface area contributed by atoms with E-state index in [-0.39, 0.29) is 23.2 Å². The predicted octanol–water partition coefficient (Wildman–Crippen LogP) is 4.02. The van der Waals surface area contributed by atoms with Crippen LogP contribution in [0.5, 0.6) is 11.5 Å². The van der Waals surface area contributed by atoms with Crippen LogP contribution in [-0.4, -0.2) is 32.7 Å². The van der Waals surface area contributed by atoms with E-state index in [2.05, 4.69) is 25.0 Å². The third kappa shape index (κ3) is 4.16. The Morgan fingerprint density at radius 2 is 1.90 bits per heavy atom. The molecule has 0 bridgehead atoms. The van der Waals surface area contributed by atoms with Crippen molar-refractivity contribution < 1.29 is 23.0 Å². The van der Waals surface area contributed by atoms with Crippen molar-refractivity contribution in [2.24, 2.45) is 0 Å². The molecular formula is C19H16F2N4O3S. The molecule has 0 saturated heterocycles. The Bertz CT molecular complexity index is 1040. The molecule has 0 unspecified atom stereocenters. The number of amides is 1. The number of carbonyl (C=O) groups excluding carboxylic acids is 1. The van der Waals surface area contributed by atoms with E-state index in [0.29, 0.717) is 17.4 Å². The van der Waals surface area contributed by atoms with Gasteiger partial charge in [0, 0.05) is 23.9 Å². The molecule has 2 heterocycles. The van der Waals surface area contributed by atoms with Crippen molar-refractivity contribution >= 4 is 23.4 Å². The van der Waals surface area contributed by atoms with Crippen LogP contribution >= 0.6 is 11.8 Å². The Morgan fingerprint density at radius 1 is 1.14 bits per heavy atom. The standard InChI is InChI=1S/C19H16F2N4O3S/c1-2-25-17(12-6-4-3-5-7-12)23-24-18(25)29-11-16(26)22-13-8-9-14-15(10-13)28-19(20,21)27-14/h3-10H,2,11H2,1H3,(H,22,26). The van der Waals surface area contributed by atoms with Gasteiger partial charge in [0.2, 0.25) is 5.91 Å². The average Bonchev–Trinajstić information content (AvgIpc) is 3.25. The molecule has 150 valence electrons. The van der Waals surface area contributed by atoms with Crippen LogP contribution in [0.4, 0.5) is 14.5 Å². The van der Waals surface area contributed by atoms with E-state index in [1.807, 2.05) is 41.8 Å². The lowest BCUT2D eigenvalue weighted by Gasteiger charge is -2.08. The van der Waals surface area contributed by atoms with E-state index in [1.165, 1.54) is 30.0 Å². The molecule has 0 saturated carbocycles. The molecule has 1 aliphatic rings. The lowest BCUT2D eigenvalue weighted by atomic mass is 10.2. The van der Waals surface area contributed by atoms with Crippen molar-refractivity contribution in [2.45, 2.75) is 24.9 Å². The number of alkyl halides is 2. The number of ether oxygens (including phenoxy) is 2. The highest BCUT2D eigenvalue weighted by atomic mass is 32.2. The predicted molar refractivity (Wildman–Crippen MR) is 103 cm³/mol. The van der Waals surface area contributed by atoms with Crippen LogP contribution in [0.1, 0.15) is 6.92 Å². The monoisotopic (exact) mass is 418 g/mol. The largest absolute Gasteiger partial charge is 0.586 e. The van der Waals surface area contributed by atoms with Crippen LogP contribution < -0.4 is 14.8 Å². The second kappa shape index (κ2) is 7.70. The Balaban J connectivity index is 1.40. The first-order chi connectivity index (χ1) is 13.9. The van der Waals surface area contributed by atoms with Crippen molar-refractivity contribution in [3.8, 4) is 22.9 Å². The number of thioether (sulfide) groups is 1. The number of hydrogen-bond acceptors (Lipinski definition) is 6. The number of rotatable bonds is 6. The maximum Gasteiger partial charge on any atom is 0.586 e. The number of nitrogens with one attached hydrogen (secondary N) is 1. The van der Waals surface area contributed by atoms with Crippen LogP contribution in [0.25, 0.3) is 11.4 Å². The van der Waals surface area contributed by atoms with Gasteiger partial charge in [0.1, 0.15) is 0 Å². The molecule has 0 atom stereocenters. The van der Waals surface area contributed by atoms with Crippen LogP contribution in [-0.2, 0) is 11.3 Å². The van der Waals surface area contributed by atoms with E-state index < -0.39 is 6.29 Å². The minimum absolute atomic E-state index is 0.0770. The number of hydrogen-bond donors (Lipinski definition) is 1. The molecule has 4 rings (SSSR count). The lowest BCUT2D eigenvalue weighted by Crippen LogP contribution is -2.25. The van der Waals surface area contributed by atoms with Crippen molar-refractivity contribution in [1.29, 1.82) is 0 Å². The summed E-state index contributed by atoms with van der Waals surface area (Å²) in [4.78, 5) is 12.3. The maximum absolute atomic E-state index is 13.1. The zero-order valence-electron chi connectivity index (χ0n) is 15.3. The highest BCUT2D eigenvalue weighted by Gasteiger charge is 2.43. The number of aromatic nitrogens is 3. The minimum atomic E-state index is -3.69. The van der Waals surface area contributed by atoms with Gasteiger partial charge < -0.3 is 19.4 Å². The molecule has 1 N–H and O–H groups in total. The number of anilines is 1. The van der Waals surface area contributed by atoms with E-state index in [4.69, 9.17) is 0 Å². The molecule has 0 radical (unpaired) electrons. The van der Waals surface area contributed by atoms with Gasteiger partial charge in [-0.05, 0) is 19.1 Å². The van der Waals surface area contributed by atoms with Gasteiger partial charge in [-0.3, -0.25) is 4.79 Å². The number of nitrogens with zero attached hydrogens (tertiary/aromatic N) is 3. The number of carbonyl (C=O) groups is 1. The quantitative estimate of drug-likeness (QED) is 0.610. The molecule has 0 fully saturated rings. The Labute approximate surface area is 169 Å². The smallest absolute Gasteiger partial charge is 0.395 e. The molecule has 3 aromatic rings. The number of halogens is 2. The molecule has 1 amide bonds. The van der Waals surface area contributed by atoms with Gasteiger partial charge in [-0.2, -0.15) is 0 Å². The summed E-state index contributed by atoms with van der Waals surface area (Å²) < 4.78 is 36.8. The van der Waals surface area contributed by atoms with E-state index in [9.17, 15) is 13.6 Å². The van der Waals surface area contributed by atoms with Gasteiger partial charge in [0.25, 0.3) is 0 Å². The SMILES string of the molecule is CCn1c(SCC(=O)Nc2ccc3c(c2)OC(F)(F)O3)nnc1-c1ccccc1. The van der Waals surface area contributed by atoms with Gasteiger partial charge in [-0.1, -0.05) is 42.1 Å². The van der Waals surface area contributed by atoms with Gasteiger partial charge >= 0.3 is 6.29 Å². The molecular weight excluding hydrogens is 402 g/mol. The van der Waals surface area contributed by atoms with E-state index in [1.54, 1.807) is 0 Å². The van der Waals surface area contributed by atoms with Crippen LogP contribution in [0.15, 0.2) is 53.7 Å². The highest BCUT2D eigenvalue weighted by molar-refractivity contribution is 7.99. The summed E-state index contributed by atoms with van der Waals surface area (Å²) >= 11 is 1.24. The van der Waals surface area contributed by atoms with Crippen LogP contribution in [0, 0.1) is 0 Å². The van der Waals surface area contributed by atoms with Gasteiger partial charge in [-0.25, -0.2) is 0 Å². The van der Waals surface area contributed by atoms with E-state index in [0.717, 1.165) is 11.4 Å². The minimum Gasteiger partial charge on any atom is -0.395 e. The molecule has 10 heteroatoms. The van der Waals surface area contributed by atoms with Gasteiger partial charge in [-0.15, -0.1) is 19.0 Å². The summed E-state index contributed by atoms with van der Waals surface area (Å²) in [6, 6.07) is 13.7. The van der Waals surface area contributed by atoms with Crippen LogP contribution in [0.3, 0.4) is 0 Å². The lowest BCUT2D eigenvalue weighted by molar-refractivity contribution is -0.286. The van der Waals surface area contributed by atoms with Crippen LogP contribution in [0.2, 0.25) is 0 Å². The maximum atomic E-state index is 13.1. The molecule has 0 aliphatic carbocycles. The normalized spacial score (nSPS) is 14.0. The Kier molecular flexibility index (Phi) is 5.10. The Hall–Kier alpha value is -3.14. The van der Waals surface area contributed by atoms with Crippen molar-refractivity contribution in [1.82, 2.24) is 14.8 Å². The average molecular weight is 418 g/mol. The van der Waals surface area contributed by atoms with Gasteiger partial charge in [0.15, 0.2) is 22.5 Å². The fourth-order valence-corrected chi connectivity index (χ4v) is 3.64. The fraction of sp³-hybridized carbons (Fsp3) is 0.211. The van der Waals surface area contributed by atoms with Crippen molar-refractivity contribution in [3.63, 3.8) is 0 Å².